The van der Waals surface area contributed by atoms with Gasteiger partial charge in [0.1, 0.15) is 0 Å². The zero-order valence-electron chi connectivity index (χ0n) is 15.5. The lowest BCUT2D eigenvalue weighted by Gasteiger charge is -2.34. The van der Waals surface area contributed by atoms with E-state index in [1.165, 1.54) is 0 Å². The third kappa shape index (κ3) is 4.57. The Morgan fingerprint density at radius 1 is 1.07 bits per heavy atom. The lowest BCUT2D eigenvalue weighted by Crippen LogP contribution is -2.42. The molecule has 1 aliphatic rings. The molecule has 2 N–H and O–H groups in total. The molecule has 27 heavy (non-hydrogen) atoms. The Morgan fingerprint density at radius 3 is 2.30 bits per heavy atom. The number of carbonyl (C=O) groups is 1. The first-order valence-corrected chi connectivity index (χ1v) is 10.9. The lowest BCUT2D eigenvalue weighted by molar-refractivity contribution is 0.0680. The summed E-state index contributed by atoms with van der Waals surface area (Å²) in [7, 11) is -3.51. The van der Waals surface area contributed by atoms with Crippen molar-refractivity contribution in [1.29, 1.82) is 0 Å². The molecule has 1 fully saturated rings. The summed E-state index contributed by atoms with van der Waals surface area (Å²) in [5.74, 6) is 0.148. The summed E-state index contributed by atoms with van der Waals surface area (Å²) in [6, 6.07) is 15.5. The van der Waals surface area contributed by atoms with Gasteiger partial charge in [0.25, 0.3) is 5.91 Å². The van der Waals surface area contributed by atoms with Gasteiger partial charge in [-0.2, -0.15) is 0 Å². The van der Waals surface area contributed by atoms with Gasteiger partial charge in [-0.15, -0.1) is 0 Å². The number of nitrogens with zero attached hydrogens (tertiary/aromatic N) is 1. The van der Waals surface area contributed by atoms with Crippen LogP contribution in [0.2, 0.25) is 0 Å². The number of carbonyl (C=O) groups excluding carboxylic acids is 1. The molecule has 0 aliphatic carbocycles. The number of hydrogen-bond acceptors (Lipinski definition) is 4. The van der Waals surface area contributed by atoms with E-state index in [0.717, 1.165) is 12.8 Å². The van der Waals surface area contributed by atoms with Crippen LogP contribution in [-0.2, 0) is 15.6 Å². The number of likely N-dealkylation sites (tertiary alicyclic amines) is 1. The van der Waals surface area contributed by atoms with Crippen LogP contribution < -0.4 is 5.73 Å². The SMILES string of the molecule is CC(N)C1CCN(C(=O)c2ccccc2CS(=O)(=O)c2ccccc2)CC1. The van der Waals surface area contributed by atoms with Gasteiger partial charge in [-0.25, -0.2) is 8.42 Å². The third-order valence-electron chi connectivity index (χ3n) is 5.27. The van der Waals surface area contributed by atoms with Crippen LogP contribution in [0.25, 0.3) is 0 Å². The predicted molar refractivity (Wildman–Crippen MR) is 106 cm³/mol. The smallest absolute Gasteiger partial charge is 0.254 e. The number of nitrogens with two attached hydrogens (primary N) is 1. The molecule has 2 aromatic rings. The standard InChI is InChI=1S/C21H26N2O3S/c1-16(22)17-11-13-23(14-12-17)21(24)20-10-6-5-7-18(20)15-27(25,26)19-8-3-2-4-9-19/h2-10,16-17H,11-15,22H2,1H3. The molecule has 144 valence electrons. The molecule has 1 unspecified atom stereocenters. The Kier molecular flexibility index (Phi) is 5.97. The van der Waals surface area contributed by atoms with E-state index in [2.05, 4.69) is 0 Å². The van der Waals surface area contributed by atoms with Gasteiger partial charge in [0, 0.05) is 24.7 Å². The highest BCUT2D eigenvalue weighted by Crippen LogP contribution is 2.24. The topological polar surface area (TPSA) is 80.5 Å². The maximum Gasteiger partial charge on any atom is 0.254 e. The Labute approximate surface area is 161 Å². The second kappa shape index (κ2) is 8.23. The molecule has 1 atom stereocenters. The average Bonchev–Trinajstić information content (AvgIpc) is 2.68. The largest absolute Gasteiger partial charge is 0.339 e. The molecule has 1 aliphatic heterocycles. The van der Waals surface area contributed by atoms with Crippen LogP contribution in [0.3, 0.4) is 0 Å². The molecule has 0 spiro atoms. The molecule has 3 rings (SSSR count). The average molecular weight is 387 g/mol. The van der Waals surface area contributed by atoms with Crippen LogP contribution in [0.15, 0.2) is 59.5 Å². The molecule has 6 heteroatoms. The van der Waals surface area contributed by atoms with E-state index in [0.29, 0.717) is 30.1 Å². The molecule has 2 aromatic carbocycles. The van der Waals surface area contributed by atoms with Crippen LogP contribution in [0.1, 0.15) is 35.7 Å². The molecule has 5 nitrogen and oxygen atoms in total. The lowest BCUT2D eigenvalue weighted by atomic mass is 9.90. The molecule has 0 bridgehead atoms. The van der Waals surface area contributed by atoms with Gasteiger partial charge in [0.15, 0.2) is 9.84 Å². The number of sulfone groups is 1. The summed E-state index contributed by atoms with van der Waals surface area (Å²) in [5, 5.41) is 0. The number of amides is 1. The first-order valence-electron chi connectivity index (χ1n) is 9.29. The molecule has 0 radical (unpaired) electrons. The molecule has 1 amide bonds. The summed E-state index contributed by atoms with van der Waals surface area (Å²) in [6.45, 7) is 3.32. The van der Waals surface area contributed by atoms with E-state index in [-0.39, 0.29) is 22.6 Å². The Morgan fingerprint density at radius 2 is 1.67 bits per heavy atom. The van der Waals surface area contributed by atoms with E-state index in [4.69, 9.17) is 5.73 Å². The van der Waals surface area contributed by atoms with Gasteiger partial charge in [0.2, 0.25) is 0 Å². The van der Waals surface area contributed by atoms with E-state index in [1.54, 1.807) is 54.6 Å². The van der Waals surface area contributed by atoms with Crippen LogP contribution in [0.5, 0.6) is 0 Å². The molecule has 0 aromatic heterocycles. The fourth-order valence-corrected chi connectivity index (χ4v) is 4.97. The van der Waals surface area contributed by atoms with E-state index in [9.17, 15) is 13.2 Å². The van der Waals surface area contributed by atoms with Gasteiger partial charge >= 0.3 is 0 Å². The molecular formula is C21H26N2O3S. The first-order chi connectivity index (χ1) is 12.9. The highest BCUT2D eigenvalue weighted by Gasteiger charge is 2.27. The third-order valence-corrected chi connectivity index (χ3v) is 6.95. The summed E-state index contributed by atoms with van der Waals surface area (Å²) in [5.41, 5.74) is 6.99. The highest BCUT2D eigenvalue weighted by molar-refractivity contribution is 7.90. The van der Waals surface area contributed by atoms with Crippen molar-refractivity contribution in [2.45, 2.75) is 36.5 Å². The zero-order valence-corrected chi connectivity index (χ0v) is 16.4. The summed E-state index contributed by atoms with van der Waals surface area (Å²) < 4.78 is 25.5. The molecule has 1 saturated heterocycles. The minimum atomic E-state index is -3.51. The van der Waals surface area contributed by atoms with Crippen molar-refractivity contribution in [2.75, 3.05) is 13.1 Å². The Bertz CT molecular complexity index is 887. The van der Waals surface area contributed by atoms with Crippen molar-refractivity contribution >= 4 is 15.7 Å². The van der Waals surface area contributed by atoms with Crippen molar-refractivity contribution in [2.24, 2.45) is 11.7 Å². The number of benzene rings is 2. The predicted octanol–water partition coefficient (Wildman–Crippen LogP) is 2.86. The van der Waals surface area contributed by atoms with Crippen molar-refractivity contribution in [3.05, 3.63) is 65.7 Å². The molecule has 0 saturated carbocycles. The first kappa shape index (κ1) is 19.6. The minimum Gasteiger partial charge on any atom is -0.339 e. The van der Waals surface area contributed by atoms with Crippen LogP contribution in [-0.4, -0.2) is 38.4 Å². The van der Waals surface area contributed by atoms with Crippen molar-refractivity contribution in [3.8, 4) is 0 Å². The summed E-state index contributed by atoms with van der Waals surface area (Å²) in [4.78, 5) is 15.1. The van der Waals surface area contributed by atoms with E-state index < -0.39 is 9.84 Å². The van der Waals surface area contributed by atoms with Crippen LogP contribution in [0, 0.1) is 5.92 Å². The Balaban J connectivity index is 1.79. The van der Waals surface area contributed by atoms with E-state index >= 15 is 0 Å². The second-order valence-electron chi connectivity index (χ2n) is 7.22. The van der Waals surface area contributed by atoms with Gasteiger partial charge in [-0.1, -0.05) is 36.4 Å². The highest BCUT2D eigenvalue weighted by atomic mass is 32.2. The van der Waals surface area contributed by atoms with Crippen molar-refractivity contribution in [1.82, 2.24) is 4.90 Å². The van der Waals surface area contributed by atoms with Gasteiger partial charge < -0.3 is 10.6 Å². The number of rotatable bonds is 5. The summed E-state index contributed by atoms with van der Waals surface area (Å²) in [6.07, 6.45) is 1.77. The van der Waals surface area contributed by atoms with Crippen LogP contribution >= 0.6 is 0 Å². The fourth-order valence-electron chi connectivity index (χ4n) is 3.57. The second-order valence-corrected chi connectivity index (χ2v) is 9.21. The van der Waals surface area contributed by atoms with Crippen molar-refractivity contribution < 1.29 is 13.2 Å². The van der Waals surface area contributed by atoms with Gasteiger partial charge in [-0.3, -0.25) is 4.79 Å². The molecular weight excluding hydrogens is 360 g/mol. The zero-order chi connectivity index (χ0) is 19.4. The quantitative estimate of drug-likeness (QED) is 0.857. The Hall–Kier alpha value is -2.18. The normalized spacial score (nSPS) is 16.9. The van der Waals surface area contributed by atoms with Gasteiger partial charge in [0.05, 0.1) is 10.6 Å². The van der Waals surface area contributed by atoms with Gasteiger partial charge in [-0.05, 0) is 49.4 Å². The number of hydrogen-bond donors (Lipinski definition) is 1. The fraction of sp³-hybridized carbons (Fsp3) is 0.381. The number of piperidine rings is 1. The molecule has 1 heterocycles. The monoisotopic (exact) mass is 386 g/mol. The van der Waals surface area contributed by atoms with E-state index in [1.807, 2.05) is 11.8 Å². The minimum absolute atomic E-state index is 0.100. The van der Waals surface area contributed by atoms with Crippen LogP contribution in [0.4, 0.5) is 0 Å². The van der Waals surface area contributed by atoms with Crippen molar-refractivity contribution in [3.63, 3.8) is 0 Å². The maximum atomic E-state index is 13.0. The summed E-state index contributed by atoms with van der Waals surface area (Å²) >= 11 is 0. The maximum absolute atomic E-state index is 13.0.